The molecule has 1 N–H and O–H groups in total. The van der Waals surface area contributed by atoms with E-state index in [2.05, 4.69) is 15.4 Å². The molecule has 90 valence electrons. The highest BCUT2D eigenvalue weighted by Gasteiger charge is 2.14. The van der Waals surface area contributed by atoms with Crippen molar-refractivity contribution >= 4 is 11.6 Å². The number of aromatic nitrogens is 3. The number of likely N-dealkylation sites (N-methyl/N-ethyl adjacent to an activating group) is 1. The van der Waals surface area contributed by atoms with E-state index in [4.69, 9.17) is 11.6 Å². The summed E-state index contributed by atoms with van der Waals surface area (Å²) in [4.78, 5) is 3.99. The van der Waals surface area contributed by atoms with Crippen molar-refractivity contribution in [1.29, 1.82) is 0 Å². The number of nitrogens with one attached hydrogen (secondary N) is 1. The van der Waals surface area contributed by atoms with Gasteiger partial charge in [0.05, 0.1) is 16.8 Å². The first-order chi connectivity index (χ1) is 8.22. The maximum Gasteiger partial charge on any atom is 0.0622 e. The molecule has 0 aliphatic rings. The molecular formula is C12H15ClN4. The van der Waals surface area contributed by atoms with Crippen LogP contribution < -0.4 is 5.32 Å². The highest BCUT2D eigenvalue weighted by molar-refractivity contribution is 6.31. The Morgan fingerprint density at radius 2 is 2.24 bits per heavy atom. The SMILES string of the molecule is CNC(Cc1ccncc1Cl)c1ccnn1C. The van der Waals surface area contributed by atoms with Crippen molar-refractivity contribution < 1.29 is 0 Å². The minimum atomic E-state index is 0.197. The van der Waals surface area contributed by atoms with E-state index in [0.29, 0.717) is 5.02 Å². The molecule has 0 saturated carbocycles. The molecule has 0 fully saturated rings. The van der Waals surface area contributed by atoms with Crippen LogP contribution in [0.2, 0.25) is 5.02 Å². The highest BCUT2D eigenvalue weighted by atomic mass is 35.5. The Hall–Kier alpha value is -1.39. The number of pyridine rings is 1. The molecule has 0 saturated heterocycles. The van der Waals surface area contributed by atoms with Crippen molar-refractivity contribution in [2.45, 2.75) is 12.5 Å². The molecule has 0 amide bonds. The van der Waals surface area contributed by atoms with Crippen LogP contribution in [-0.4, -0.2) is 21.8 Å². The van der Waals surface area contributed by atoms with Gasteiger partial charge in [0.2, 0.25) is 0 Å². The molecule has 17 heavy (non-hydrogen) atoms. The van der Waals surface area contributed by atoms with E-state index >= 15 is 0 Å². The second kappa shape index (κ2) is 5.29. The zero-order valence-electron chi connectivity index (χ0n) is 9.89. The van der Waals surface area contributed by atoms with E-state index in [1.54, 1.807) is 18.6 Å². The average molecular weight is 251 g/mol. The minimum absolute atomic E-state index is 0.197. The van der Waals surface area contributed by atoms with Gasteiger partial charge in [-0.2, -0.15) is 5.10 Å². The van der Waals surface area contributed by atoms with Gasteiger partial charge in [-0.15, -0.1) is 0 Å². The first kappa shape index (κ1) is 12.1. The molecule has 1 unspecified atom stereocenters. The lowest BCUT2D eigenvalue weighted by molar-refractivity contribution is 0.537. The fraction of sp³-hybridized carbons (Fsp3) is 0.333. The van der Waals surface area contributed by atoms with Gasteiger partial charge in [-0.05, 0) is 31.2 Å². The van der Waals surface area contributed by atoms with Crippen LogP contribution in [0.4, 0.5) is 0 Å². The van der Waals surface area contributed by atoms with Gasteiger partial charge in [0.1, 0.15) is 0 Å². The average Bonchev–Trinajstić information content (AvgIpc) is 2.75. The molecule has 0 aromatic carbocycles. The fourth-order valence-corrected chi connectivity index (χ4v) is 2.07. The lowest BCUT2D eigenvalue weighted by Crippen LogP contribution is -2.21. The number of hydrogen-bond acceptors (Lipinski definition) is 3. The third-order valence-electron chi connectivity index (χ3n) is 2.84. The Bertz CT molecular complexity index is 495. The molecule has 0 bridgehead atoms. The number of hydrogen-bond donors (Lipinski definition) is 1. The molecule has 2 aromatic rings. The van der Waals surface area contributed by atoms with Crippen LogP contribution in [0.1, 0.15) is 17.3 Å². The standard InChI is InChI=1S/C12H15ClN4/c1-14-11(12-4-6-16-17(12)2)7-9-3-5-15-8-10(9)13/h3-6,8,11,14H,7H2,1-2H3. The first-order valence-electron chi connectivity index (χ1n) is 5.46. The Morgan fingerprint density at radius 1 is 1.41 bits per heavy atom. The Balaban J connectivity index is 2.22. The third kappa shape index (κ3) is 2.65. The predicted molar refractivity (Wildman–Crippen MR) is 68.0 cm³/mol. The van der Waals surface area contributed by atoms with Gasteiger partial charge in [0.25, 0.3) is 0 Å². The molecule has 2 heterocycles. The van der Waals surface area contributed by atoms with Crippen molar-refractivity contribution in [2.75, 3.05) is 7.05 Å². The van der Waals surface area contributed by atoms with E-state index in [1.165, 1.54) is 0 Å². The summed E-state index contributed by atoms with van der Waals surface area (Å²) >= 11 is 6.11. The lowest BCUT2D eigenvalue weighted by Gasteiger charge is -2.17. The quantitative estimate of drug-likeness (QED) is 0.902. The predicted octanol–water partition coefficient (Wildman–Crippen LogP) is 1.97. The smallest absolute Gasteiger partial charge is 0.0622 e. The monoisotopic (exact) mass is 250 g/mol. The number of nitrogens with zero attached hydrogens (tertiary/aromatic N) is 3. The summed E-state index contributed by atoms with van der Waals surface area (Å²) < 4.78 is 1.87. The summed E-state index contributed by atoms with van der Waals surface area (Å²) in [6.07, 6.45) is 6.05. The summed E-state index contributed by atoms with van der Waals surface area (Å²) in [5.74, 6) is 0. The molecule has 0 spiro atoms. The Morgan fingerprint density at radius 3 is 2.82 bits per heavy atom. The van der Waals surface area contributed by atoms with Gasteiger partial charge < -0.3 is 5.32 Å². The molecule has 2 rings (SSSR count). The van der Waals surface area contributed by atoms with Crippen molar-refractivity contribution in [3.63, 3.8) is 0 Å². The van der Waals surface area contributed by atoms with Crippen LogP contribution in [0.5, 0.6) is 0 Å². The van der Waals surface area contributed by atoms with Crippen molar-refractivity contribution in [2.24, 2.45) is 7.05 Å². The minimum Gasteiger partial charge on any atom is -0.311 e. The fourth-order valence-electron chi connectivity index (χ4n) is 1.87. The van der Waals surface area contributed by atoms with E-state index < -0.39 is 0 Å². The molecule has 4 nitrogen and oxygen atoms in total. The maximum absolute atomic E-state index is 6.11. The van der Waals surface area contributed by atoms with Gasteiger partial charge in [-0.25, -0.2) is 0 Å². The van der Waals surface area contributed by atoms with E-state index in [-0.39, 0.29) is 6.04 Å². The van der Waals surface area contributed by atoms with Crippen LogP contribution in [0, 0.1) is 0 Å². The van der Waals surface area contributed by atoms with Crippen LogP contribution in [0.3, 0.4) is 0 Å². The first-order valence-corrected chi connectivity index (χ1v) is 5.83. The van der Waals surface area contributed by atoms with E-state index in [0.717, 1.165) is 17.7 Å². The second-order valence-electron chi connectivity index (χ2n) is 3.89. The van der Waals surface area contributed by atoms with Gasteiger partial charge in [0.15, 0.2) is 0 Å². The molecule has 0 radical (unpaired) electrons. The van der Waals surface area contributed by atoms with E-state index in [1.807, 2.05) is 30.9 Å². The maximum atomic E-state index is 6.11. The largest absolute Gasteiger partial charge is 0.311 e. The van der Waals surface area contributed by atoms with Gasteiger partial charge in [-0.1, -0.05) is 11.6 Å². The topological polar surface area (TPSA) is 42.7 Å². The van der Waals surface area contributed by atoms with Crippen molar-refractivity contribution in [3.05, 3.63) is 47.0 Å². The van der Waals surface area contributed by atoms with Crippen LogP contribution >= 0.6 is 11.6 Å². The summed E-state index contributed by atoms with van der Waals surface area (Å²) in [5, 5.41) is 8.17. The van der Waals surface area contributed by atoms with E-state index in [9.17, 15) is 0 Å². The lowest BCUT2D eigenvalue weighted by atomic mass is 10.0. The molecule has 0 aliphatic carbocycles. The van der Waals surface area contributed by atoms with Crippen molar-refractivity contribution in [3.8, 4) is 0 Å². The number of rotatable bonds is 4. The summed E-state index contributed by atoms with van der Waals surface area (Å²) in [6.45, 7) is 0. The molecule has 5 heteroatoms. The highest BCUT2D eigenvalue weighted by Crippen LogP contribution is 2.21. The summed E-state index contributed by atoms with van der Waals surface area (Å²) in [6, 6.07) is 4.15. The van der Waals surface area contributed by atoms with Crippen LogP contribution in [0.15, 0.2) is 30.7 Å². The van der Waals surface area contributed by atoms with Crippen molar-refractivity contribution in [1.82, 2.24) is 20.1 Å². The number of halogens is 1. The third-order valence-corrected chi connectivity index (χ3v) is 3.19. The Labute approximate surface area is 106 Å². The molecule has 2 aromatic heterocycles. The van der Waals surface area contributed by atoms with Gasteiger partial charge >= 0.3 is 0 Å². The summed E-state index contributed by atoms with van der Waals surface area (Å²) in [7, 11) is 3.88. The van der Waals surface area contributed by atoms with Gasteiger partial charge in [0, 0.05) is 25.6 Å². The zero-order valence-corrected chi connectivity index (χ0v) is 10.6. The number of aryl methyl sites for hydroxylation is 1. The van der Waals surface area contributed by atoms with Gasteiger partial charge in [-0.3, -0.25) is 9.67 Å². The zero-order chi connectivity index (χ0) is 12.3. The molecule has 1 atom stereocenters. The molecular weight excluding hydrogens is 236 g/mol. The summed E-state index contributed by atoms with van der Waals surface area (Å²) in [5.41, 5.74) is 2.22. The normalized spacial score (nSPS) is 12.6. The second-order valence-corrected chi connectivity index (χ2v) is 4.30. The Kier molecular flexibility index (Phi) is 3.76. The van der Waals surface area contributed by atoms with Crippen LogP contribution in [-0.2, 0) is 13.5 Å². The van der Waals surface area contributed by atoms with Crippen LogP contribution in [0.25, 0.3) is 0 Å². The molecule has 0 aliphatic heterocycles.